The van der Waals surface area contributed by atoms with Gasteiger partial charge in [-0.15, -0.1) is 0 Å². The standard InChI is InChI=1S/C20H29N3O5S/c1-3-23(4-2)29(26,27)17-9-7-16(8-10-17)19(24)21-11-13-22(14-12-21)20(25)18-6-5-15-28-18/h7-10,18H,3-6,11-15H2,1-2H3. The molecule has 0 aliphatic carbocycles. The van der Waals surface area contributed by atoms with Gasteiger partial charge in [0, 0.05) is 51.4 Å². The quantitative estimate of drug-likeness (QED) is 0.686. The van der Waals surface area contributed by atoms with E-state index in [1.54, 1.807) is 35.8 Å². The Morgan fingerprint density at radius 1 is 1.03 bits per heavy atom. The van der Waals surface area contributed by atoms with Crippen molar-refractivity contribution in [2.45, 2.75) is 37.7 Å². The molecular weight excluding hydrogens is 394 g/mol. The van der Waals surface area contributed by atoms with Crippen LogP contribution in [0.4, 0.5) is 0 Å². The van der Waals surface area contributed by atoms with E-state index in [4.69, 9.17) is 4.74 Å². The second-order valence-electron chi connectivity index (χ2n) is 7.23. The molecule has 1 aromatic carbocycles. The first-order chi connectivity index (χ1) is 13.9. The molecule has 9 heteroatoms. The van der Waals surface area contributed by atoms with E-state index in [-0.39, 0.29) is 22.8 Å². The van der Waals surface area contributed by atoms with Gasteiger partial charge in [0.25, 0.3) is 11.8 Å². The zero-order chi connectivity index (χ0) is 21.0. The Kier molecular flexibility index (Phi) is 6.92. The molecule has 2 saturated heterocycles. The van der Waals surface area contributed by atoms with E-state index in [9.17, 15) is 18.0 Å². The van der Waals surface area contributed by atoms with Gasteiger partial charge in [-0.25, -0.2) is 8.42 Å². The van der Waals surface area contributed by atoms with Crippen LogP contribution in [0.3, 0.4) is 0 Å². The molecular formula is C20H29N3O5S. The molecule has 1 unspecified atom stereocenters. The van der Waals surface area contributed by atoms with E-state index in [2.05, 4.69) is 0 Å². The van der Waals surface area contributed by atoms with Crippen molar-refractivity contribution in [1.82, 2.24) is 14.1 Å². The number of amides is 2. The summed E-state index contributed by atoms with van der Waals surface area (Å²) >= 11 is 0. The van der Waals surface area contributed by atoms with Crippen LogP contribution in [-0.2, 0) is 19.6 Å². The molecule has 0 radical (unpaired) electrons. The number of carbonyl (C=O) groups is 2. The number of benzene rings is 1. The fraction of sp³-hybridized carbons (Fsp3) is 0.600. The Morgan fingerprint density at radius 3 is 2.14 bits per heavy atom. The van der Waals surface area contributed by atoms with Crippen molar-refractivity contribution in [3.63, 3.8) is 0 Å². The first-order valence-electron chi connectivity index (χ1n) is 10.2. The van der Waals surface area contributed by atoms with E-state index in [1.165, 1.54) is 16.4 Å². The van der Waals surface area contributed by atoms with Gasteiger partial charge in [0.05, 0.1) is 4.90 Å². The average molecular weight is 424 g/mol. The normalized spacial score (nSPS) is 20.3. The van der Waals surface area contributed by atoms with Crippen molar-refractivity contribution < 1.29 is 22.7 Å². The summed E-state index contributed by atoms with van der Waals surface area (Å²) in [6, 6.07) is 6.08. The molecule has 2 aliphatic rings. The second-order valence-corrected chi connectivity index (χ2v) is 9.17. The fourth-order valence-corrected chi connectivity index (χ4v) is 5.23. The minimum atomic E-state index is -3.54. The second kappa shape index (κ2) is 9.23. The number of ether oxygens (including phenoxy) is 1. The van der Waals surface area contributed by atoms with Crippen LogP contribution in [0.15, 0.2) is 29.2 Å². The molecule has 0 bridgehead atoms. The van der Waals surface area contributed by atoms with Crippen molar-refractivity contribution >= 4 is 21.8 Å². The van der Waals surface area contributed by atoms with Crippen LogP contribution in [-0.4, -0.2) is 86.3 Å². The lowest BCUT2D eigenvalue weighted by atomic mass is 10.1. The van der Waals surface area contributed by atoms with Gasteiger partial charge in [-0.3, -0.25) is 9.59 Å². The van der Waals surface area contributed by atoms with E-state index in [0.29, 0.717) is 51.4 Å². The fourth-order valence-electron chi connectivity index (χ4n) is 3.77. The Bertz CT molecular complexity index is 822. The molecule has 8 nitrogen and oxygen atoms in total. The SMILES string of the molecule is CCN(CC)S(=O)(=O)c1ccc(C(=O)N2CCN(C(=O)C3CCCO3)CC2)cc1. The molecule has 0 aromatic heterocycles. The minimum absolute atomic E-state index is 0.0144. The highest BCUT2D eigenvalue weighted by Crippen LogP contribution is 2.19. The number of carbonyl (C=O) groups excluding carboxylic acids is 2. The molecule has 2 aliphatic heterocycles. The van der Waals surface area contributed by atoms with Crippen LogP contribution in [0.25, 0.3) is 0 Å². The summed E-state index contributed by atoms with van der Waals surface area (Å²) in [6.07, 6.45) is 1.34. The molecule has 0 N–H and O–H groups in total. The molecule has 0 spiro atoms. The van der Waals surface area contributed by atoms with Crippen molar-refractivity contribution in [3.8, 4) is 0 Å². The van der Waals surface area contributed by atoms with Crippen LogP contribution in [0.1, 0.15) is 37.0 Å². The number of rotatable bonds is 6. The van der Waals surface area contributed by atoms with Gasteiger partial charge in [0.2, 0.25) is 10.0 Å². The van der Waals surface area contributed by atoms with Crippen molar-refractivity contribution in [2.75, 3.05) is 45.9 Å². The minimum Gasteiger partial charge on any atom is -0.368 e. The van der Waals surface area contributed by atoms with E-state index < -0.39 is 10.0 Å². The molecule has 1 aromatic rings. The predicted molar refractivity (Wildman–Crippen MR) is 108 cm³/mol. The summed E-state index contributed by atoms with van der Waals surface area (Å²) in [6.45, 7) is 6.90. The van der Waals surface area contributed by atoms with Crippen LogP contribution in [0.2, 0.25) is 0 Å². The molecule has 3 rings (SSSR count). The highest BCUT2D eigenvalue weighted by atomic mass is 32.2. The van der Waals surface area contributed by atoms with Crippen molar-refractivity contribution in [3.05, 3.63) is 29.8 Å². The lowest BCUT2D eigenvalue weighted by molar-refractivity contribution is -0.142. The Morgan fingerprint density at radius 2 is 1.62 bits per heavy atom. The largest absolute Gasteiger partial charge is 0.368 e. The Balaban J connectivity index is 1.61. The number of hydrogen-bond acceptors (Lipinski definition) is 5. The van der Waals surface area contributed by atoms with Crippen LogP contribution in [0.5, 0.6) is 0 Å². The summed E-state index contributed by atoms with van der Waals surface area (Å²) in [7, 11) is -3.54. The summed E-state index contributed by atoms with van der Waals surface area (Å²) in [5.74, 6) is -0.137. The molecule has 2 amide bonds. The maximum atomic E-state index is 12.8. The Hall–Kier alpha value is -1.97. The summed E-state index contributed by atoms with van der Waals surface area (Å²) in [5, 5.41) is 0. The third-order valence-corrected chi connectivity index (χ3v) is 7.59. The first kappa shape index (κ1) is 21.7. The summed E-state index contributed by atoms with van der Waals surface area (Å²) in [5.41, 5.74) is 0.447. The number of nitrogens with zero attached hydrogens (tertiary/aromatic N) is 3. The number of piperazine rings is 1. The maximum Gasteiger partial charge on any atom is 0.253 e. The third-order valence-electron chi connectivity index (χ3n) is 5.53. The summed E-state index contributed by atoms with van der Waals surface area (Å²) in [4.78, 5) is 28.8. The van der Waals surface area contributed by atoms with Gasteiger partial charge in [-0.05, 0) is 37.1 Å². The van der Waals surface area contributed by atoms with Crippen LogP contribution < -0.4 is 0 Å². The van der Waals surface area contributed by atoms with Gasteiger partial charge in [-0.2, -0.15) is 4.31 Å². The zero-order valence-electron chi connectivity index (χ0n) is 17.0. The van der Waals surface area contributed by atoms with Gasteiger partial charge in [0.15, 0.2) is 0 Å². The highest BCUT2D eigenvalue weighted by molar-refractivity contribution is 7.89. The van der Waals surface area contributed by atoms with Gasteiger partial charge in [-0.1, -0.05) is 13.8 Å². The Labute approximate surface area is 172 Å². The lowest BCUT2D eigenvalue weighted by Gasteiger charge is -2.35. The van der Waals surface area contributed by atoms with Gasteiger partial charge < -0.3 is 14.5 Å². The average Bonchev–Trinajstić information content (AvgIpc) is 3.28. The van der Waals surface area contributed by atoms with Crippen LogP contribution >= 0.6 is 0 Å². The predicted octanol–water partition coefficient (Wildman–Crippen LogP) is 1.18. The van der Waals surface area contributed by atoms with Crippen molar-refractivity contribution in [2.24, 2.45) is 0 Å². The monoisotopic (exact) mass is 423 g/mol. The third kappa shape index (κ3) is 4.62. The molecule has 2 heterocycles. The van der Waals surface area contributed by atoms with Crippen LogP contribution in [0, 0.1) is 0 Å². The van der Waals surface area contributed by atoms with E-state index in [0.717, 1.165) is 12.8 Å². The van der Waals surface area contributed by atoms with Gasteiger partial charge in [0.1, 0.15) is 6.10 Å². The van der Waals surface area contributed by atoms with E-state index >= 15 is 0 Å². The lowest BCUT2D eigenvalue weighted by Crippen LogP contribution is -2.52. The maximum absolute atomic E-state index is 12.8. The summed E-state index contributed by atoms with van der Waals surface area (Å²) < 4.78 is 32.0. The van der Waals surface area contributed by atoms with E-state index in [1.807, 2.05) is 0 Å². The highest BCUT2D eigenvalue weighted by Gasteiger charge is 2.31. The molecule has 160 valence electrons. The first-order valence-corrected chi connectivity index (χ1v) is 11.6. The molecule has 0 saturated carbocycles. The molecule has 29 heavy (non-hydrogen) atoms. The number of sulfonamides is 1. The van der Waals surface area contributed by atoms with Crippen molar-refractivity contribution in [1.29, 1.82) is 0 Å². The topological polar surface area (TPSA) is 87.2 Å². The smallest absolute Gasteiger partial charge is 0.253 e. The molecule has 2 fully saturated rings. The molecule has 1 atom stereocenters. The van der Waals surface area contributed by atoms with Gasteiger partial charge >= 0.3 is 0 Å². The zero-order valence-corrected chi connectivity index (χ0v) is 17.9. The number of hydrogen-bond donors (Lipinski definition) is 0.